The molecule has 0 fully saturated rings. The van der Waals surface area contributed by atoms with Crippen LogP contribution >= 0.6 is 15.9 Å². The van der Waals surface area contributed by atoms with E-state index in [0.29, 0.717) is 15.9 Å². The molecule has 5 N–H and O–H groups in total. The number of benzene rings is 1. The van der Waals surface area contributed by atoms with Gasteiger partial charge >= 0.3 is 5.84 Å². The van der Waals surface area contributed by atoms with Crippen molar-refractivity contribution in [3.63, 3.8) is 0 Å². The summed E-state index contributed by atoms with van der Waals surface area (Å²) < 4.78 is 5.62. The van der Waals surface area contributed by atoms with Crippen molar-refractivity contribution < 1.29 is 19.6 Å². The van der Waals surface area contributed by atoms with Gasteiger partial charge in [0, 0.05) is 5.69 Å². The predicted molar refractivity (Wildman–Crippen MR) is 71.8 cm³/mol. The summed E-state index contributed by atoms with van der Waals surface area (Å²) in [4.78, 5) is 11.8. The number of nitrogen functional groups attached to an aromatic ring is 1. The molecule has 0 aliphatic carbocycles. The van der Waals surface area contributed by atoms with E-state index >= 15 is 0 Å². The molecule has 1 aromatic carbocycles. The molecule has 7 heteroatoms. The summed E-state index contributed by atoms with van der Waals surface area (Å²) in [5.74, 6) is -0.0115. The van der Waals surface area contributed by atoms with E-state index in [1.165, 1.54) is 0 Å². The van der Waals surface area contributed by atoms with Gasteiger partial charge < -0.3 is 14.9 Å². The van der Waals surface area contributed by atoms with Gasteiger partial charge in [-0.25, -0.2) is 0 Å². The molecule has 0 unspecified atom stereocenters. The van der Waals surface area contributed by atoms with E-state index < -0.39 is 0 Å². The molecule has 2 aromatic rings. The van der Waals surface area contributed by atoms with Crippen molar-refractivity contribution in [2.24, 2.45) is 5.73 Å². The Kier molecular flexibility index (Phi) is 3.86. The number of furan rings is 1. The maximum absolute atomic E-state index is 11.8. The van der Waals surface area contributed by atoms with Crippen LogP contribution in [0.5, 0.6) is 0 Å². The van der Waals surface area contributed by atoms with Crippen LogP contribution in [0.2, 0.25) is 0 Å². The summed E-state index contributed by atoms with van der Waals surface area (Å²) in [6.07, 6.45) is 0. The summed E-state index contributed by atoms with van der Waals surface area (Å²) in [6, 6.07) is 9.85. The summed E-state index contributed by atoms with van der Waals surface area (Å²) in [5, 5.41) is 13.2. The number of nitrogens with one attached hydrogen (secondary N) is 2. The number of amidine groups is 1. The molecular weight excluding hydrogens is 314 g/mol. The summed E-state index contributed by atoms with van der Waals surface area (Å²) in [5.41, 5.74) is 6.69. The van der Waals surface area contributed by atoms with Crippen LogP contribution in [0, 0.1) is 0 Å². The number of hydrogen-bond acceptors (Lipinski definition) is 3. The van der Waals surface area contributed by atoms with Crippen LogP contribution in [0.3, 0.4) is 0 Å². The van der Waals surface area contributed by atoms with Gasteiger partial charge in [-0.1, -0.05) is 5.16 Å². The van der Waals surface area contributed by atoms with Crippen LogP contribution in [-0.2, 0) is 0 Å². The van der Waals surface area contributed by atoms with Gasteiger partial charge in [-0.3, -0.25) is 10.5 Å². The zero-order valence-electron chi connectivity index (χ0n) is 9.68. The van der Waals surface area contributed by atoms with Gasteiger partial charge in [-0.05, 0) is 52.3 Å². The largest absolute Gasteiger partial charge is 0.444 e. The van der Waals surface area contributed by atoms with Gasteiger partial charge in [-0.15, -0.1) is 0 Å². The van der Waals surface area contributed by atoms with Crippen molar-refractivity contribution in [1.29, 1.82) is 0 Å². The Bertz CT molecular complexity index is 619. The van der Waals surface area contributed by atoms with Gasteiger partial charge in [0.15, 0.2) is 10.4 Å². The lowest BCUT2D eigenvalue weighted by Gasteiger charge is -2.03. The molecule has 1 heterocycles. The molecule has 6 nitrogen and oxygen atoms in total. The summed E-state index contributed by atoms with van der Waals surface area (Å²) in [7, 11) is 0. The molecule has 0 atom stereocenters. The maximum atomic E-state index is 11.8. The minimum atomic E-state index is -0.351. The molecule has 0 aliphatic rings. The first-order valence-electron chi connectivity index (χ1n) is 5.30. The molecule has 0 saturated carbocycles. The van der Waals surface area contributed by atoms with E-state index in [0.717, 1.165) is 0 Å². The van der Waals surface area contributed by atoms with Crippen LogP contribution in [0.25, 0.3) is 0 Å². The monoisotopic (exact) mass is 324 g/mol. The fraction of sp³-hybridized carbons (Fsp3) is 0. The Morgan fingerprint density at radius 1 is 1.26 bits per heavy atom. The van der Waals surface area contributed by atoms with Crippen LogP contribution in [-0.4, -0.2) is 17.0 Å². The lowest BCUT2D eigenvalue weighted by molar-refractivity contribution is -0.737. The third-order valence-corrected chi connectivity index (χ3v) is 2.80. The first-order valence-corrected chi connectivity index (χ1v) is 6.09. The SMILES string of the molecule is NC(=[NH+]O)c1ccc(NC(=O)c2ccc(Br)o2)cc1. The van der Waals surface area contributed by atoms with E-state index in [9.17, 15) is 4.79 Å². The molecule has 19 heavy (non-hydrogen) atoms. The molecule has 0 spiro atoms. The van der Waals surface area contributed by atoms with E-state index in [2.05, 4.69) is 21.2 Å². The number of nitrogens with two attached hydrogens (primary N) is 1. The maximum Gasteiger partial charge on any atom is 0.311 e. The molecule has 2 rings (SSSR count). The topological polar surface area (TPSA) is 102 Å². The fourth-order valence-electron chi connectivity index (χ4n) is 1.43. The first kappa shape index (κ1) is 13.2. The number of carbonyl (C=O) groups is 1. The highest BCUT2D eigenvalue weighted by atomic mass is 79.9. The zero-order valence-corrected chi connectivity index (χ0v) is 11.3. The van der Waals surface area contributed by atoms with Crippen molar-refractivity contribution in [3.8, 4) is 0 Å². The zero-order chi connectivity index (χ0) is 13.8. The smallest absolute Gasteiger partial charge is 0.311 e. The van der Waals surface area contributed by atoms with Gasteiger partial charge in [-0.2, -0.15) is 0 Å². The second-order valence-electron chi connectivity index (χ2n) is 3.66. The molecule has 1 aromatic heterocycles. The van der Waals surface area contributed by atoms with Gasteiger partial charge in [0.1, 0.15) is 0 Å². The molecule has 98 valence electrons. The Hall–Kier alpha value is -2.28. The van der Waals surface area contributed by atoms with Crippen molar-refractivity contribution in [3.05, 3.63) is 52.4 Å². The average Bonchev–Trinajstić information content (AvgIpc) is 2.85. The van der Waals surface area contributed by atoms with E-state index in [1.54, 1.807) is 36.4 Å². The first-order chi connectivity index (χ1) is 9.10. The average molecular weight is 325 g/mol. The molecule has 0 aliphatic heterocycles. The third kappa shape index (κ3) is 3.14. The summed E-state index contributed by atoms with van der Waals surface area (Å²) in [6.45, 7) is 0. The minimum Gasteiger partial charge on any atom is -0.444 e. The lowest BCUT2D eigenvalue weighted by atomic mass is 10.2. The predicted octanol–water partition coefficient (Wildman–Crippen LogP) is 0.469. The Morgan fingerprint density at radius 2 is 1.95 bits per heavy atom. The fourth-order valence-corrected chi connectivity index (χ4v) is 1.73. The van der Waals surface area contributed by atoms with Crippen LogP contribution < -0.4 is 16.2 Å². The van der Waals surface area contributed by atoms with Crippen LogP contribution in [0.1, 0.15) is 16.1 Å². The second-order valence-corrected chi connectivity index (χ2v) is 4.44. The molecular formula is C12H11BrN3O3+. The van der Waals surface area contributed by atoms with Gasteiger partial charge in [0.25, 0.3) is 5.91 Å². The highest BCUT2D eigenvalue weighted by Crippen LogP contribution is 2.16. The van der Waals surface area contributed by atoms with E-state index in [-0.39, 0.29) is 17.5 Å². The number of rotatable bonds is 3. The van der Waals surface area contributed by atoms with E-state index in [1.807, 2.05) is 5.16 Å². The standard InChI is InChI=1S/C12H10BrN3O3/c13-10-6-5-9(19-10)12(17)15-8-3-1-7(2-4-8)11(14)16-18/h1-6,18H,(H2,14,16)(H,15,17)/p+1. The van der Waals surface area contributed by atoms with Crippen molar-refractivity contribution in [2.45, 2.75) is 0 Å². The van der Waals surface area contributed by atoms with E-state index in [4.69, 9.17) is 15.4 Å². The lowest BCUT2D eigenvalue weighted by Crippen LogP contribution is -2.71. The second kappa shape index (κ2) is 5.57. The Balaban J connectivity index is 2.10. The van der Waals surface area contributed by atoms with Crippen molar-refractivity contribution >= 4 is 33.4 Å². The minimum absolute atomic E-state index is 0.132. The number of amides is 1. The molecule has 1 amide bonds. The van der Waals surface area contributed by atoms with Crippen molar-refractivity contribution in [1.82, 2.24) is 0 Å². The normalized spacial score (nSPS) is 11.3. The quantitative estimate of drug-likeness (QED) is 0.285. The van der Waals surface area contributed by atoms with Gasteiger partial charge in [0.05, 0.1) is 5.56 Å². The number of carbonyl (C=O) groups excluding carboxylic acids is 1. The van der Waals surface area contributed by atoms with Crippen molar-refractivity contribution in [2.75, 3.05) is 5.32 Å². The van der Waals surface area contributed by atoms with Gasteiger partial charge in [0.2, 0.25) is 0 Å². The highest BCUT2D eigenvalue weighted by molar-refractivity contribution is 9.10. The number of halogens is 1. The van der Waals surface area contributed by atoms with Crippen LogP contribution in [0.4, 0.5) is 5.69 Å². The Morgan fingerprint density at radius 3 is 2.47 bits per heavy atom. The number of hydrogen-bond donors (Lipinski definition) is 4. The molecule has 0 saturated heterocycles. The molecule has 0 bridgehead atoms. The number of anilines is 1. The molecule has 0 radical (unpaired) electrons. The summed E-state index contributed by atoms with van der Waals surface area (Å²) >= 11 is 3.13. The third-order valence-electron chi connectivity index (χ3n) is 2.37. The Labute approximate surface area is 117 Å². The van der Waals surface area contributed by atoms with Crippen LogP contribution in [0.15, 0.2) is 45.5 Å². The highest BCUT2D eigenvalue weighted by Gasteiger charge is 2.11.